The van der Waals surface area contributed by atoms with E-state index >= 15 is 0 Å². The van der Waals surface area contributed by atoms with E-state index in [-0.39, 0.29) is 29.7 Å². The van der Waals surface area contributed by atoms with Gasteiger partial charge in [0.15, 0.2) is 8.32 Å². The second kappa shape index (κ2) is 12.8. The fourth-order valence-corrected chi connectivity index (χ4v) is 11.7. The van der Waals surface area contributed by atoms with Gasteiger partial charge in [-0.1, -0.05) is 102 Å². The van der Waals surface area contributed by atoms with Gasteiger partial charge in [0.2, 0.25) is 0 Å². The maximum atomic E-state index is 13.3. The monoisotopic (exact) mass is 642 g/mol. The third kappa shape index (κ3) is 6.61. The molecule has 5 atom stereocenters. The first-order chi connectivity index (χ1) is 20.5. The summed E-state index contributed by atoms with van der Waals surface area (Å²) in [6.07, 6.45) is -2.80. The Morgan fingerprint density at radius 3 is 1.91 bits per heavy atom. The van der Waals surface area contributed by atoms with E-state index in [1.165, 1.54) is 6.92 Å². The number of benzene rings is 2. The third-order valence-corrected chi connectivity index (χ3v) is 18.8. The summed E-state index contributed by atoms with van der Waals surface area (Å²) in [7, 11) is -5.35. The minimum absolute atomic E-state index is 0.0482. The second-order valence-electron chi connectivity index (χ2n) is 14.4. The third-order valence-electron chi connectivity index (χ3n) is 9.24. The van der Waals surface area contributed by atoms with Crippen molar-refractivity contribution in [1.29, 1.82) is 0 Å². The first kappa shape index (κ1) is 34.5. The van der Waals surface area contributed by atoms with Gasteiger partial charge >= 0.3 is 11.9 Å². The number of hydrogen-bond donors (Lipinski definition) is 0. The van der Waals surface area contributed by atoms with Crippen molar-refractivity contribution in [3.8, 4) is 0 Å². The van der Waals surface area contributed by atoms with Gasteiger partial charge in [-0.15, -0.1) is 0 Å². The predicted molar refractivity (Wildman–Crippen MR) is 175 cm³/mol. The van der Waals surface area contributed by atoms with E-state index < -0.39 is 58.8 Å². The number of carbonyl (C=O) groups excluding carboxylic acids is 2. The van der Waals surface area contributed by atoms with Crippen molar-refractivity contribution in [1.82, 2.24) is 0 Å². The van der Waals surface area contributed by atoms with Crippen LogP contribution in [0.25, 0.3) is 0 Å². The topological polar surface area (TPSA) is 89.5 Å². The molecule has 2 heterocycles. The molecule has 8 nitrogen and oxygen atoms in total. The van der Waals surface area contributed by atoms with Gasteiger partial charge in [-0.25, -0.2) is 4.79 Å². The molecule has 0 spiro atoms. The van der Waals surface area contributed by atoms with Crippen molar-refractivity contribution in [2.45, 2.75) is 115 Å². The second-order valence-corrected chi connectivity index (χ2v) is 23.4. The average molecular weight is 643 g/mol. The Kier molecular flexibility index (Phi) is 10.0. The van der Waals surface area contributed by atoms with Crippen LogP contribution >= 0.6 is 0 Å². The Labute approximate surface area is 265 Å². The summed E-state index contributed by atoms with van der Waals surface area (Å²) in [5.41, 5.74) is 0. The first-order valence-electron chi connectivity index (χ1n) is 15.6. The maximum absolute atomic E-state index is 13.3. The Bertz CT molecular complexity index is 1250. The number of ether oxygens (including phenoxy) is 4. The van der Waals surface area contributed by atoms with Gasteiger partial charge in [-0.2, -0.15) is 0 Å². The van der Waals surface area contributed by atoms with Crippen LogP contribution in [0, 0.1) is 0 Å². The molecule has 44 heavy (non-hydrogen) atoms. The summed E-state index contributed by atoms with van der Waals surface area (Å²) in [5.74, 6) is -2.77. The average Bonchev–Trinajstić information content (AvgIpc) is 3.50. The molecule has 2 aromatic carbocycles. The van der Waals surface area contributed by atoms with E-state index in [1.807, 2.05) is 36.4 Å². The number of fused-ring (bicyclic) bond motifs is 2. The fraction of sp³-hybridized carbons (Fsp3) is 0.588. The standard InChI is InChI=1S/C34H50O8Si2/c1-11-37-31(36)34-22-27(39-24(2)35)29(40-34)30(41-34)28(23-38-43(9,10)32(3,4)5)42-44(33(6,7)8,25-18-14-12-15-19-25)26-20-16-13-17-21-26/h12-21,27-30H,11,22-23H2,1-10H3/t27-,28+,29+,30+,34-/m0/s1. The number of carbonyl (C=O) groups is 2. The smallest absolute Gasteiger partial charge is 0.367 e. The fourth-order valence-electron chi connectivity index (χ4n) is 6.02. The molecule has 2 fully saturated rings. The van der Waals surface area contributed by atoms with Crippen LogP contribution < -0.4 is 10.4 Å². The number of hydrogen-bond acceptors (Lipinski definition) is 8. The quantitative estimate of drug-likeness (QED) is 0.240. The molecule has 0 radical (unpaired) electrons. The zero-order valence-electron chi connectivity index (χ0n) is 28.0. The highest BCUT2D eigenvalue weighted by Crippen LogP contribution is 2.48. The van der Waals surface area contributed by atoms with E-state index in [0.29, 0.717) is 0 Å². The van der Waals surface area contributed by atoms with Gasteiger partial charge in [0.1, 0.15) is 18.3 Å². The lowest BCUT2D eigenvalue weighted by Crippen LogP contribution is -2.69. The van der Waals surface area contributed by atoms with Crippen LogP contribution in [0.5, 0.6) is 0 Å². The van der Waals surface area contributed by atoms with E-state index in [2.05, 4.69) is 78.9 Å². The molecule has 2 saturated heterocycles. The van der Waals surface area contributed by atoms with Crippen LogP contribution in [0.3, 0.4) is 0 Å². The van der Waals surface area contributed by atoms with Crippen LogP contribution in [0.15, 0.2) is 60.7 Å². The Morgan fingerprint density at radius 1 is 0.909 bits per heavy atom. The van der Waals surface area contributed by atoms with Crippen LogP contribution in [-0.2, 0) is 37.4 Å². The largest absolute Gasteiger partial charge is 0.462 e. The summed E-state index contributed by atoms with van der Waals surface area (Å²) in [6.45, 7) is 21.1. The molecule has 2 aromatic rings. The summed E-state index contributed by atoms with van der Waals surface area (Å²) in [5, 5.41) is 1.85. The highest BCUT2D eigenvalue weighted by molar-refractivity contribution is 6.99. The van der Waals surface area contributed by atoms with Gasteiger partial charge < -0.3 is 27.8 Å². The lowest BCUT2D eigenvalue weighted by molar-refractivity contribution is -0.214. The molecule has 10 heteroatoms. The molecular weight excluding hydrogens is 593 g/mol. The van der Waals surface area contributed by atoms with Gasteiger partial charge in [-0.3, -0.25) is 4.79 Å². The van der Waals surface area contributed by atoms with Gasteiger partial charge in [-0.05, 0) is 40.5 Å². The molecular formula is C34H50O8Si2. The molecule has 4 rings (SSSR count). The SMILES string of the molecule is CCOC(=O)[C@@]12C[C@H](OC(C)=O)[C@@H](O1)[C@@H]([C@@H](CO[Si](C)(C)C(C)(C)C)O[Si](c1ccccc1)(c1ccccc1)C(C)(C)C)O2. The van der Waals surface area contributed by atoms with Crippen LogP contribution in [0.1, 0.15) is 61.8 Å². The van der Waals surface area contributed by atoms with E-state index in [0.717, 1.165) is 10.4 Å². The number of rotatable bonds is 11. The highest BCUT2D eigenvalue weighted by Gasteiger charge is 2.67. The minimum atomic E-state index is -3.09. The van der Waals surface area contributed by atoms with Gasteiger partial charge in [0, 0.05) is 6.92 Å². The molecule has 0 saturated carbocycles. The predicted octanol–water partition coefficient (Wildman–Crippen LogP) is 5.33. The summed E-state index contributed by atoms with van der Waals surface area (Å²) in [6, 6.07) is 20.7. The van der Waals surface area contributed by atoms with Gasteiger partial charge in [0.25, 0.3) is 14.1 Å². The first-order valence-corrected chi connectivity index (χ1v) is 20.4. The van der Waals surface area contributed by atoms with E-state index in [9.17, 15) is 9.59 Å². The Balaban J connectivity index is 1.87. The van der Waals surface area contributed by atoms with Crippen molar-refractivity contribution < 1.29 is 37.4 Å². The molecule has 2 aliphatic heterocycles. The summed E-state index contributed by atoms with van der Waals surface area (Å²) >= 11 is 0. The molecule has 0 N–H and O–H groups in total. The Morgan fingerprint density at radius 2 is 1.45 bits per heavy atom. The van der Waals surface area contributed by atoms with E-state index in [1.54, 1.807) is 6.92 Å². The van der Waals surface area contributed by atoms with Crippen LogP contribution in [0.2, 0.25) is 23.2 Å². The molecule has 2 aliphatic rings. The van der Waals surface area contributed by atoms with Crippen molar-refractivity contribution in [2.24, 2.45) is 0 Å². The summed E-state index contributed by atoms with van der Waals surface area (Å²) in [4.78, 5) is 25.5. The molecule has 2 bridgehead atoms. The normalized spacial score (nSPS) is 24.6. The molecule has 0 amide bonds. The zero-order valence-corrected chi connectivity index (χ0v) is 30.0. The molecule has 0 aromatic heterocycles. The highest BCUT2D eigenvalue weighted by atomic mass is 28.4. The minimum Gasteiger partial charge on any atom is -0.462 e. The molecule has 242 valence electrons. The van der Waals surface area contributed by atoms with Crippen LogP contribution in [-0.4, -0.2) is 72.0 Å². The summed E-state index contributed by atoms with van der Waals surface area (Å²) < 4.78 is 38.4. The lowest BCUT2D eigenvalue weighted by Gasteiger charge is -2.47. The van der Waals surface area contributed by atoms with Crippen molar-refractivity contribution >= 4 is 38.9 Å². The van der Waals surface area contributed by atoms with Crippen LogP contribution in [0.4, 0.5) is 0 Å². The zero-order chi connectivity index (χ0) is 32.6. The molecule has 0 unspecified atom stereocenters. The Hall–Kier alpha value is -2.35. The maximum Gasteiger partial charge on any atom is 0.367 e. The van der Waals surface area contributed by atoms with Crippen molar-refractivity contribution in [3.63, 3.8) is 0 Å². The molecule has 0 aliphatic carbocycles. The van der Waals surface area contributed by atoms with Crippen molar-refractivity contribution in [2.75, 3.05) is 13.2 Å². The van der Waals surface area contributed by atoms with Crippen molar-refractivity contribution in [3.05, 3.63) is 60.7 Å². The number of esters is 2. The van der Waals surface area contributed by atoms with E-state index in [4.69, 9.17) is 27.8 Å². The lowest BCUT2D eigenvalue weighted by atomic mass is 9.97. The van der Waals surface area contributed by atoms with Gasteiger partial charge in [0.05, 0.1) is 25.7 Å².